The molecule has 36 heavy (non-hydrogen) atoms. The van der Waals surface area contributed by atoms with Crippen molar-refractivity contribution in [2.24, 2.45) is 5.92 Å². The van der Waals surface area contributed by atoms with Crippen molar-refractivity contribution in [3.63, 3.8) is 0 Å². The molecule has 0 aromatic heterocycles. The van der Waals surface area contributed by atoms with E-state index in [1.807, 2.05) is 6.08 Å². The standard InChI is InChI=1S/C29H43ClFNO4/c1-6-8-9-21-10-11-22(14-21)17-29(4,5)32-18-24(33)19-36-20(3)25-16-27(31)26(30)15-23(25)12-13-28(34)35-7-2/h6,10,15-16,20,22,24,32-33H,1,7-9,11-14,17-19H2,2-5H3/t20-,22?,24?/m1/s1. The number of nitrogens with one attached hydrogen (secondary N) is 1. The van der Waals surface area contributed by atoms with Crippen molar-refractivity contribution in [3.05, 3.63) is 58.4 Å². The molecular formula is C29H43ClFNO4. The van der Waals surface area contributed by atoms with Crippen molar-refractivity contribution >= 4 is 17.6 Å². The Morgan fingerprint density at radius 1 is 1.39 bits per heavy atom. The van der Waals surface area contributed by atoms with Crippen molar-refractivity contribution in [3.8, 4) is 0 Å². The van der Waals surface area contributed by atoms with Crippen LogP contribution in [0.4, 0.5) is 4.39 Å². The van der Waals surface area contributed by atoms with Gasteiger partial charge in [0.05, 0.1) is 30.4 Å². The summed E-state index contributed by atoms with van der Waals surface area (Å²) in [4.78, 5) is 11.8. The molecule has 2 N–H and O–H groups in total. The van der Waals surface area contributed by atoms with E-state index in [4.69, 9.17) is 21.1 Å². The smallest absolute Gasteiger partial charge is 0.306 e. The number of hydrogen-bond donors (Lipinski definition) is 2. The van der Waals surface area contributed by atoms with Crippen LogP contribution in [0.3, 0.4) is 0 Å². The van der Waals surface area contributed by atoms with Gasteiger partial charge in [-0.05, 0) is 95.4 Å². The minimum absolute atomic E-state index is 0.00145. The first kappa shape index (κ1) is 30.5. The van der Waals surface area contributed by atoms with Crippen molar-refractivity contribution in [2.75, 3.05) is 19.8 Å². The third kappa shape index (κ3) is 10.3. The summed E-state index contributed by atoms with van der Waals surface area (Å²) in [6, 6.07) is 2.88. The number of carbonyl (C=O) groups is 1. The summed E-state index contributed by atoms with van der Waals surface area (Å²) in [5.41, 5.74) is 2.76. The number of halogens is 2. The quantitative estimate of drug-likeness (QED) is 0.192. The molecule has 1 aliphatic carbocycles. The van der Waals surface area contributed by atoms with Crippen LogP contribution in [0, 0.1) is 11.7 Å². The first-order valence-corrected chi connectivity index (χ1v) is 13.4. The highest BCUT2D eigenvalue weighted by atomic mass is 35.5. The van der Waals surface area contributed by atoms with Crippen LogP contribution in [-0.2, 0) is 20.7 Å². The fraction of sp³-hybridized carbons (Fsp3) is 0.621. The predicted octanol–water partition coefficient (Wildman–Crippen LogP) is 6.47. The largest absolute Gasteiger partial charge is 0.466 e. The molecule has 0 saturated carbocycles. The van der Waals surface area contributed by atoms with E-state index in [0.717, 1.165) is 37.7 Å². The van der Waals surface area contributed by atoms with Crippen LogP contribution in [-0.4, -0.2) is 42.5 Å². The maximum absolute atomic E-state index is 14.2. The second-order valence-electron chi connectivity index (χ2n) is 10.4. The molecule has 7 heteroatoms. The van der Waals surface area contributed by atoms with E-state index >= 15 is 0 Å². The van der Waals surface area contributed by atoms with Crippen LogP contribution < -0.4 is 5.32 Å². The number of benzene rings is 1. The number of aryl methyl sites for hydroxylation is 1. The number of aliphatic hydroxyl groups is 1. The van der Waals surface area contributed by atoms with E-state index in [-0.39, 0.29) is 29.6 Å². The molecule has 1 aromatic rings. The van der Waals surface area contributed by atoms with Crippen molar-refractivity contribution < 1.29 is 23.8 Å². The maximum atomic E-state index is 14.2. The van der Waals surface area contributed by atoms with E-state index in [2.05, 4.69) is 31.8 Å². The molecule has 0 fully saturated rings. The maximum Gasteiger partial charge on any atom is 0.306 e. The number of hydrogen-bond acceptors (Lipinski definition) is 5. The molecule has 1 aliphatic rings. The van der Waals surface area contributed by atoms with Crippen LogP contribution >= 0.6 is 11.6 Å². The lowest BCUT2D eigenvalue weighted by Gasteiger charge is -2.31. The molecule has 0 spiro atoms. The van der Waals surface area contributed by atoms with Crippen LogP contribution in [0.15, 0.2) is 36.4 Å². The van der Waals surface area contributed by atoms with Gasteiger partial charge in [0.15, 0.2) is 0 Å². The summed E-state index contributed by atoms with van der Waals surface area (Å²) in [6.45, 7) is 12.5. The van der Waals surface area contributed by atoms with Crippen LogP contribution in [0.5, 0.6) is 0 Å². The zero-order chi connectivity index (χ0) is 26.7. The van der Waals surface area contributed by atoms with Gasteiger partial charge < -0.3 is 19.9 Å². The highest BCUT2D eigenvalue weighted by Crippen LogP contribution is 2.33. The first-order valence-electron chi connectivity index (χ1n) is 13.0. The van der Waals surface area contributed by atoms with Gasteiger partial charge in [-0.3, -0.25) is 4.79 Å². The second-order valence-corrected chi connectivity index (χ2v) is 10.8. The van der Waals surface area contributed by atoms with E-state index in [1.54, 1.807) is 13.8 Å². The van der Waals surface area contributed by atoms with Gasteiger partial charge in [0, 0.05) is 18.5 Å². The van der Waals surface area contributed by atoms with Crippen LogP contribution in [0.1, 0.15) is 83.5 Å². The van der Waals surface area contributed by atoms with Gasteiger partial charge >= 0.3 is 5.97 Å². The van der Waals surface area contributed by atoms with Gasteiger partial charge in [-0.1, -0.05) is 29.3 Å². The average Bonchev–Trinajstić information content (AvgIpc) is 3.26. The number of allylic oxidation sites excluding steroid dienone is 3. The molecule has 0 radical (unpaired) electrons. The zero-order valence-corrected chi connectivity index (χ0v) is 23.0. The Morgan fingerprint density at radius 2 is 2.14 bits per heavy atom. The third-order valence-corrected chi connectivity index (χ3v) is 6.93. The summed E-state index contributed by atoms with van der Waals surface area (Å²) in [6.07, 6.45) is 9.09. The molecular weight excluding hydrogens is 481 g/mol. The Labute approximate surface area is 221 Å². The number of carbonyl (C=O) groups excluding carboxylic acids is 1. The molecule has 1 aromatic carbocycles. The third-order valence-electron chi connectivity index (χ3n) is 6.64. The normalized spacial score (nSPS) is 17.5. The van der Waals surface area contributed by atoms with Crippen molar-refractivity contribution in [2.45, 2.75) is 90.4 Å². The van der Waals surface area contributed by atoms with Gasteiger partial charge in [0.1, 0.15) is 5.82 Å². The lowest BCUT2D eigenvalue weighted by molar-refractivity contribution is -0.143. The molecule has 3 atom stereocenters. The summed E-state index contributed by atoms with van der Waals surface area (Å²) in [5.74, 6) is -0.239. The van der Waals surface area contributed by atoms with E-state index in [0.29, 0.717) is 31.1 Å². The van der Waals surface area contributed by atoms with E-state index < -0.39 is 18.0 Å². The zero-order valence-electron chi connectivity index (χ0n) is 22.2. The van der Waals surface area contributed by atoms with Gasteiger partial charge in [0.2, 0.25) is 0 Å². The van der Waals surface area contributed by atoms with E-state index in [1.165, 1.54) is 17.7 Å². The predicted molar refractivity (Wildman–Crippen MR) is 144 cm³/mol. The number of esters is 1. The molecule has 0 heterocycles. The number of aliphatic hydroxyl groups excluding tert-OH is 1. The Hall–Kier alpha value is -1.73. The van der Waals surface area contributed by atoms with Gasteiger partial charge in [-0.2, -0.15) is 0 Å². The van der Waals surface area contributed by atoms with Crippen molar-refractivity contribution in [1.29, 1.82) is 0 Å². The molecule has 202 valence electrons. The highest BCUT2D eigenvalue weighted by molar-refractivity contribution is 6.30. The molecule has 0 bridgehead atoms. The Bertz CT molecular complexity index is 902. The van der Waals surface area contributed by atoms with Crippen LogP contribution in [0.2, 0.25) is 5.02 Å². The Kier molecular flexibility index (Phi) is 12.6. The summed E-state index contributed by atoms with van der Waals surface area (Å²) >= 11 is 5.98. The van der Waals surface area contributed by atoms with Gasteiger partial charge in [0.25, 0.3) is 0 Å². The summed E-state index contributed by atoms with van der Waals surface area (Å²) < 4.78 is 25.1. The lowest BCUT2D eigenvalue weighted by Crippen LogP contribution is -2.45. The Morgan fingerprint density at radius 3 is 2.83 bits per heavy atom. The number of β-amino-alcohol motifs (C(OH)–C–C–N with tert-alkyl or cyclic N) is 1. The van der Waals surface area contributed by atoms with Crippen LogP contribution in [0.25, 0.3) is 0 Å². The van der Waals surface area contributed by atoms with Crippen molar-refractivity contribution in [1.82, 2.24) is 5.32 Å². The molecule has 0 saturated heterocycles. The Balaban J connectivity index is 1.83. The minimum atomic E-state index is -0.711. The lowest BCUT2D eigenvalue weighted by atomic mass is 9.88. The average molecular weight is 524 g/mol. The second kappa shape index (κ2) is 14.9. The van der Waals surface area contributed by atoms with Gasteiger partial charge in [-0.15, -0.1) is 6.58 Å². The highest BCUT2D eigenvalue weighted by Gasteiger charge is 2.26. The number of rotatable bonds is 16. The molecule has 0 aliphatic heterocycles. The number of ether oxygens (including phenoxy) is 2. The SMILES string of the molecule is C=CCCC1=CCC(CC(C)(C)NCC(O)CO[C@H](C)c2cc(F)c(Cl)cc2CCC(=O)OCC)C1. The fourth-order valence-corrected chi connectivity index (χ4v) is 4.96. The topological polar surface area (TPSA) is 67.8 Å². The molecule has 5 nitrogen and oxygen atoms in total. The monoisotopic (exact) mass is 523 g/mol. The molecule has 2 unspecified atom stereocenters. The summed E-state index contributed by atoms with van der Waals surface area (Å²) in [5, 5.41) is 14.0. The van der Waals surface area contributed by atoms with Gasteiger partial charge in [-0.25, -0.2) is 4.39 Å². The molecule has 2 rings (SSSR count). The first-order chi connectivity index (χ1) is 17.0. The molecule has 0 amide bonds. The summed E-state index contributed by atoms with van der Waals surface area (Å²) in [7, 11) is 0. The minimum Gasteiger partial charge on any atom is -0.466 e. The van der Waals surface area contributed by atoms with E-state index in [9.17, 15) is 14.3 Å². The fourth-order valence-electron chi connectivity index (χ4n) is 4.78.